The van der Waals surface area contributed by atoms with E-state index in [9.17, 15) is 9.59 Å². The number of nitrogens with one attached hydrogen (secondary N) is 3. The van der Waals surface area contributed by atoms with Gasteiger partial charge in [0.15, 0.2) is 0 Å². The molecule has 0 saturated carbocycles. The summed E-state index contributed by atoms with van der Waals surface area (Å²) in [6.07, 6.45) is 0. The van der Waals surface area contributed by atoms with Crippen LogP contribution in [-0.2, 0) is 4.79 Å². The highest BCUT2D eigenvalue weighted by atomic mass is 32.2. The van der Waals surface area contributed by atoms with Crippen LogP contribution in [0.2, 0.25) is 0 Å². The quantitative estimate of drug-likeness (QED) is 0.390. The molecule has 10 heteroatoms. The summed E-state index contributed by atoms with van der Waals surface area (Å²) in [4.78, 5) is 29.7. The SMILES string of the molecule is CCSc1nsc(NC(=O)C(C)Sc2ccc(NC(=O)Nc3ccccc3)cc2)n1. The van der Waals surface area contributed by atoms with Crippen LogP contribution in [-0.4, -0.2) is 32.3 Å². The first kappa shape index (κ1) is 22.1. The minimum absolute atomic E-state index is 0.131. The Morgan fingerprint density at radius 2 is 1.67 bits per heavy atom. The molecule has 30 heavy (non-hydrogen) atoms. The minimum atomic E-state index is -0.313. The Morgan fingerprint density at radius 3 is 2.33 bits per heavy atom. The van der Waals surface area contributed by atoms with Crippen molar-refractivity contribution >= 4 is 63.5 Å². The van der Waals surface area contributed by atoms with Crippen molar-refractivity contribution in [3.8, 4) is 0 Å². The lowest BCUT2D eigenvalue weighted by atomic mass is 10.3. The maximum atomic E-state index is 12.4. The van der Waals surface area contributed by atoms with Gasteiger partial charge in [0.25, 0.3) is 0 Å². The molecule has 0 aliphatic carbocycles. The van der Waals surface area contributed by atoms with Gasteiger partial charge in [-0.1, -0.05) is 36.9 Å². The number of thioether (sulfide) groups is 2. The average molecular weight is 460 g/mol. The molecule has 3 amide bonds. The van der Waals surface area contributed by atoms with Crippen LogP contribution in [0.5, 0.6) is 0 Å². The molecule has 3 aromatic rings. The first-order valence-corrected chi connectivity index (χ1v) is 11.8. The lowest BCUT2D eigenvalue weighted by Gasteiger charge is -2.11. The molecule has 0 spiro atoms. The highest BCUT2D eigenvalue weighted by Crippen LogP contribution is 2.26. The number of carbonyl (C=O) groups is 2. The number of hydrogen-bond donors (Lipinski definition) is 3. The van der Waals surface area contributed by atoms with Crippen LogP contribution in [0.15, 0.2) is 64.6 Å². The molecule has 1 heterocycles. The second kappa shape index (κ2) is 11.0. The van der Waals surface area contributed by atoms with E-state index in [0.29, 0.717) is 16.0 Å². The predicted octanol–water partition coefficient (Wildman–Crippen LogP) is 5.41. The zero-order valence-electron chi connectivity index (χ0n) is 16.4. The van der Waals surface area contributed by atoms with Crippen molar-refractivity contribution in [3.63, 3.8) is 0 Å². The molecular formula is C20H21N5O2S3. The summed E-state index contributed by atoms with van der Waals surface area (Å²) in [5.74, 6) is 0.753. The van der Waals surface area contributed by atoms with E-state index in [4.69, 9.17) is 0 Å². The molecule has 0 radical (unpaired) electrons. The summed E-state index contributed by atoms with van der Waals surface area (Å²) in [5, 5.41) is 9.23. The molecule has 1 aromatic heterocycles. The lowest BCUT2D eigenvalue weighted by Crippen LogP contribution is -2.22. The van der Waals surface area contributed by atoms with Gasteiger partial charge in [0.2, 0.25) is 16.2 Å². The second-order valence-electron chi connectivity index (χ2n) is 6.03. The van der Waals surface area contributed by atoms with Crippen LogP contribution in [0.4, 0.5) is 21.3 Å². The summed E-state index contributed by atoms with van der Waals surface area (Å²) in [5.41, 5.74) is 1.39. The van der Waals surface area contributed by atoms with E-state index in [-0.39, 0.29) is 17.2 Å². The number of urea groups is 1. The third kappa shape index (κ3) is 6.75. The number of anilines is 3. The molecule has 3 rings (SSSR count). The van der Waals surface area contributed by atoms with Gasteiger partial charge in [0.05, 0.1) is 5.25 Å². The Balaban J connectivity index is 1.49. The molecule has 0 bridgehead atoms. The molecule has 0 saturated heterocycles. The van der Waals surface area contributed by atoms with Gasteiger partial charge >= 0.3 is 6.03 Å². The Labute approximate surface area is 187 Å². The highest BCUT2D eigenvalue weighted by Gasteiger charge is 2.17. The van der Waals surface area contributed by atoms with Gasteiger partial charge in [-0.05, 0) is 49.1 Å². The highest BCUT2D eigenvalue weighted by molar-refractivity contribution is 8.00. The first-order valence-electron chi connectivity index (χ1n) is 9.20. The third-order valence-corrected chi connectivity index (χ3v) is 6.32. The van der Waals surface area contributed by atoms with Crippen LogP contribution in [0.3, 0.4) is 0 Å². The van der Waals surface area contributed by atoms with Gasteiger partial charge in [-0.3, -0.25) is 10.1 Å². The largest absolute Gasteiger partial charge is 0.323 e. The van der Waals surface area contributed by atoms with E-state index in [1.165, 1.54) is 35.1 Å². The number of para-hydroxylation sites is 1. The second-order valence-corrected chi connectivity index (χ2v) is 9.43. The number of aromatic nitrogens is 2. The third-order valence-electron chi connectivity index (χ3n) is 3.74. The molecule has 2 aromatic carbocycles. The van der Waals surface area contributed by atoms with Crippen molar-refractivity contribution in [2.45, 2.75) is 29.1 Å². The van der Waals surface area contributed by atoms with Crippen molar-refractivity contribution in [1.29, 1.82) is 0 Å². The van der Waals surface area contributed by atoms with E-state index in [1.54, 1.807) is 12.1 Å². The van der Waals surface area contributed by atoms with Gasteiger partial charge in [0.1, 0.15) is 0 Å². The molecule has 1 atom stereocenters. The fourth-order valence-electron chi connectivity index (χ4n) is 2.34. The van der Waals surface area contributed by atoms with Crippen LogP contribution in [0.25, 0.3) is 0 Å². The fraction of sp³-hybridized carbons (Fsp3) is 0.200. The van der Waals surface area contributed by atoms with Crippen molar-refractivity contribution in [2.24, 2.45) is 0 Å². The smallest absolute Gasteiger partial charge is 0.308 e. The monoisotopic (exact) mass is 459 g/mol. The van der Waals surface area contributed by atoms with Gasteiger partial charge in [0, 0.05) is 27.8 Å². The van der Waals surface area contributed by atoms with Crippen LogP contribution < -0.4 is 16.0 Å². The number of rotatable bonds is 8. The summed E-state index contributed by atoms with van der Waals surface area (Å²) < 4.78 is 4.19. The maximum Gasteiger partial charge on any atom is 0.323 e. The van der Waals surface area contributed by atoms with Crippen LogP contribution in [0, 0.1) is 0 Å². The summed E-state index contributed by atoms with van der Waals surface area (Å²) in [6, 6.07) is 16.3. The minimum Gasteiger partial charge on any atom is -0.308 e. The van der Waals surface area contributed by atoms with E-state index < -0.39 is 0 Å². The number of hydrogen-bond acceptors (Lipinski definition) is 7. The maximum absolute atomic E-state index is 12.4. The standard InChI is InChI=1S/C20H21N5O2S3/c1-3-28-20-24-19(30-25-20)23-17(26)13(2)29-16-11-9-15(10-12-16)22-18(27)21-14-7-5-4-6-8-14/h4-13H,3H2,1-2H3,(H2,21,22,27)(H,23,24,25,26). The van der Waals surface area contributed by atoms with Crippen LogP contribution in [0.1, 0.15) is 13.8 Å². The normalized spacial score (nSPS) is 11.5. The average Bonchev–Trinajstić information content (AvgIpc) is 3.17. The van der Waals surface area contributed by atoms with Crippen molar-refractivity contribution < 1.29 is 9.59 Å². The predicted molar refractivity (Wildman–Crippen MR) is 126 cm³/mol. The van der Waals surface area contributed by atoms with E-state index >= 15 is 0 Å². The Bertz CT molecular complexity index is 980. The van der Waals surface area contributed by atoms with E-state index in [0.717, 1.165) is 16.3 Å². The van der Waals surface area contributed by atoms with Crippen molar-refractivity contribution in [1.82, 2.24) is 9.36 Å². The molecule has 0 aliphatic rings. The molecule has 0 aliphatic heterocycles. The van der Waals surface area contributed by atoms with Crippen LogP contribution >= 0.6 is 35.1 Å². The molecule has 3 N–H and O–H groups in total. The summed E-state index contributed by atoms with van der Waals surface area (Å²) >= 11 is 4.15. The van der Waals surface area contributed by atoms with Crippen molar-refractivity contribution in [2.75, 3.05) is 21.7 Å². The molecule has 156 valence electrons. The topological polar surface area (TPSA) is 96.0 Å². The number of amides is 3. The summed E-state index contributed by atoms with van der Waals surface area (Å²) in [7, 11) is 0. The summed E-state index contributed by atoms with van der Waals surface area (Å²) in [6.45, 7) is 3.86. The molecule has 7 nitrogen and oxygen atoms in total. The zero-order chi connectivity index (χ0) is 21.3. The van der Waals surface area contributed by atoms with Gasteiger partial charge in [-0.2, -0.15) is 9.36 Å². The molecular weight excluding hydrogens is 438 g/mol. The zero-order valence-corrected chi connectivity index (χ0v) is 18.9. The number of carbonyl (C=O) groups excluding carboxylic acids is 2. The Kier molecular flexibility index (Phi) is 8.12. The van der Waals surface area contributed by atoms with Crippen molar-refractivity contribution in [3.05, 3.63) is 54.6 Å². The number of nitrogens with zero attached hydrogens (tertiary/aromatic N) is 2. The first-order chi connectivity index (χ1) is 14.5. The van der Waals surface area contributed by atoms with Gasteiger partial charge < -0.3 is 10.6 Å². The van der Waals surface area contributed by atoms with E-state index in [2.05, 4.69) is 25.3 Å². The van der Waals surface area contributed by atoms with Gasteiger partial charge in [-0.25, -0.2) is 4.79 Å². The number of benzene rings is 2. The molecule has 1 unspecified atom stereocenters. The lowest BCUT2D eigenvalue weighted by molar-refractivity contribution is -0.115. The Hall–Kier alpha value is -2.56. The van der Waals surface area contributed by atoms with E-state index in [1.807, 2.05) is 56.3 Å². The Morgan fingerprint density at radius 1 is 1.00 bits per heavy atom. The molecule has 0 fully saturated rings. The fourth-order valence-corrected chi connectivity index (χ4v) is 4.49. The van der Waals surface area contributed by atoms with Gasteiger partial charge in [-0.15, -0.1) is 11.8 Å².